The largest absolute Gasteiger partial charge is 0.347 e. The summed E-state index contributed by atoms with van der Waals surface area (Å²) in [5.41, 5.74) is 2.71. The van der Waals surface area contributed by atoms with Gasteiger partial charge in [-0.2, -0.15) is 0 Å². The van der Waals surface area contributed by atoms with Gasteiger partial charge in [0.25, 0.3) is 0 Å². The zero-order chi connectivity index (χ0) is 18.8. The Morgan fingerprint density at radius 3 is 2.59 bits per heavy atom. The first-order valence-corrected chi connectivity index (χ1v) is 10.8. The number of hydrogen-bond donors (Lipinski definition) is 0. The lowest BCUT2D eigenvalue weighted by molar-refractivity contribution is -0.133. The maximum Gasteiger partial charge on any atom is 0.223 e. The summed E-state index contributed by atoms with van der Waals surface area (Å²) >= 11 is 1.71. The van der Waals surface area contributed by atoms with Gasteiger partial charge in [0.2, 0.25) is 11.0 Å². The van der Waals surface area contributed by atoms with Gasteiger partial charge in [0, 0.05) is 38.5 Å². The van der Waals surface area contributed by atoms with E-state index in [1.54, 1.807) is 11.3 Å². The number of aromatic nitrogens is 2. The first-order chi connectivity index (χ1) is 13.1. The van der Waals surface area contributed by atoms with Crippen molar-refractivity contribution in [3.63, 3.8) is 0 Å². The second-order valence-corrected chi connectivity index (χ2v) is 9.03. The third-order valence-corrected chi connectivity index (χ3v) is 7.04. The number of nitrogens with zero attached hydrogens (tertiary/aromatic N) is 4. The molecule has 2 aliphatic rings. The van der Waals surface area contributed by atoms with E-state index in [2.05, 4.69) is 53.2 Å². The highest BCUT2D eigenvalue weighted by Crippen LogP contribution is 2.30. The summed E-state index contributed by atoms with van der Waals surface area (Å²) in [6.07, 6.45) is 3.79. The van der Waals surface area contributed by atoms with E-state index in [9.17, 15) is 4.79 Å². The molecule has 1 aromatic carbocycles. The molecule has 1 aromatic heterocycles. The van der Waals surface area contributed by atoms with Gasteiger partial charge in [-0.25, -0.2) is 0 Å². The minimum Gasteiger partial charge on any atom is -0.347 e. The van der Waals surface area contributed by atoms with Gasteiger partial charge in [-0.15, -0.1) is 10.2 Å². The summed E-state index contributed by atoms with van der Waals surface area (Å²) in [6.45, 7) is 7.90. The summed E-state index contributed by atoms with van der Waals surface area (Å²) in [6, 6.07) is 8.50. The molecule has 1 fully saturated rings. The van der Waals surface area contributed by atoms with E-state index in [1.807, 2.05) is 4.90 Å². The van der Waals surface area contributed by atoms with Crippen LogP contribution in [0, 0.1) is 5.92 Å². The first-order valence-electron chi connectivity index (χ1n) is 10.0. The molecule has 0 atom stereocenters. The van der Waals surface area contributed by atoms with Crippen LogP contribution in [0.25, 0.3) is 0 Å². The van der Waals surface area contributed by atoms with Crippen LogP contribution in [0.4, 0.5) is 5.13 Å². The van der Waals surface area contributed by atoms with Crippen molar-refractivity contribution < 1.29 is 4.79 Å². The maximum absolute atomic E-state index is 12.8. The Kier molecular flexibility index (Phi) is 5.43. The molecule has 1 amide bonds. The van der Waals surface area contributed by atoms with Gasteiger partial charge in [0.15, 0.2) is 0 Å². The van der Waals surface area contributed by atoms with Crippen molar-refractivity contribution in [2.45, 2.75) is 52.0 Å². The Morgan fingerprint density at radius 1 is 1.15 bits per heavy atom. The number of hydrogen-bond acceptors (Lipinski definition) is 5. The Hall–Kier alpha value is -1.95. The lowest BCUT2D eigenvalue weighted by Crippen LogP contribution is -2.39. The highest BCUT2D eigenvalue weighted by Gasteiger charge is 2.27. The third kappa shape index (κ3) is 4.15. The van der Waals surface area contributed by atoms with Crippen LogP contribution in [0.5, 0.6) is 0 Å². The minimum absolute atomic E-state index is 0.320. The van der Waals surface area contributed by atoms with Gasteiger partial charge in [-0.05, 0) is 36.3 Å². The van der Waals surface area contributed by atoms with Crippen LogP contribution < -0.4 is 4.90 Å². The Labute approximate surface area is 165 Å². The molecule has 4 rings (SSSR count). The summed E-state index contributed by atoms with van der Waals surface area (Å²) < 4.78 is 0. The zero-order valence-electron chi connectivity index (χ0n) is 16.2. The quantitative estimate of drug-likeness (QED) is 0.803. The van der Waals surface area contributed by atoms with Crippen LogP contribution in [0.3, 0.4) is 0 Å². The molecule has 2 aliphatic heterocycles. The van der Waals surface area contributed by atoms with Crippen LogP contribution in [0.1, 0.15) is 55.2 Å². The topological polar surface area (TPSA) is 49.3 Å². The molecule has 0 N–H and O–H groups in total. The van der Waals surface area contributed by atoms with Crippen LogP contribution in [-0.4, -0.2) is 40.6 Å². The summed E-state index contributed by atoms with van der Waals surface area (Å²) in [7, 11) is 0. The normalized spacial score (nSPS) is 18.0. The van der Waals surface area contributed by atoms with Gasteiger partial charge in [0.05, 0.1) is 0 Å². The SMILES string of the molecule is CC(C)c1nnc(N2CCC(CC(=O)N3CCc4ccccc4C3)CC2)s1. The second-order valence-electron chi connectivity index (χ2n) is 8.05. The van der Waals surface area contributed by atoms with Crippen molar-refractivity contribution in [3.8, 4) is 0 Å². The molecule has 0 saturated carbocycles. The van der Waals surface area contributed by atoms with E-state index >= 15 is 0 Å². The van der Waals surface area contributed by atoms with Crippen LogP contribution in [-0.2, 0) is 17.8 Å². The molecular weight excluding hydrogens is 356 g/mol. The zero-order valence-corrected chi connectivity index (χ0v) is 17.0. The van der Waals surface area contributed by atoms with Crippen molar-refractivity contribution in [3.05, 3.63) is 40.4 Å². The lowest BCUT2D eigenvalue weighted by Gasteiger charge is -2.34. The fourth-order valence-corrected chi connectivity index (χ4v) is 4.90. The second kappa shape index (κ2) is 7.97. The fourth-order valence-electron chi connectivity index (χ4n) is 4.00. The number of fused-ring (bicyclic) bond motifs is 1. The predicted molar refractivity (Wildman–Crippen MR) is 109 cm³/mol. The van der Waals surface area contributed by atoms with Crippen molar-refractivity contribution >= 4 is 22.4 Å². The molecule has 0 spiro atoms. The van der Waals surface area contributed by atoms with Crippen molar-refractivity contribution in [2.75, 3.05) is 24.5 Å². The van der Waals surface area contributed by atoms with Crippen LogP contribution in [0.15, 0.2) is 24.3 Å². The molecule has 0 bridgehead atoms. The van der Waals surface area contributed by atoms with Crippen LogP contribution >= 0.6 is 11.3 Å². The van der Waals surface area contributed by atoms with Gasteiger partial charge >= 0.3 is 0 Å². The highest BCUT2D eigenvalue weighted by molar-refractivity contribution is 7.15. The molecular formula is C21H28N4OS. The molecule has 2 aromatic rings. The van der Waals surface area contributed by atoms with Crippen molar-refractivity contribution in [1.82, 2.24) is 15.1 Å². The number of rotatable bonds is 4. The van der Waals surface area contributed by atoms with E-state index < -0.39 is 0 Å². The highest BCUT2D eigenvalue weighted by atomic mass is 32.1. The Morgan fingerprint density at radius 2 is 1.89 bits per heavy atom. The minimum atomic E-state index is 0.320. The van der Waals surface area contributed by atoms with Gasteiger partial charge in [0.1, 0.15) is 5.01 Å². The van der Waals surface area contributed by atoms with Gasteiger partial charge < -0.3 is 9.80 Å². The third-order valence-electron chi connectivity index (χ3n) is 5.76. The van der Waals surface area contributed by atoms with E-state index in [0.29, 0.717) is 24.2 Å². The van der Waals surface area contributed by atoms with Crippen molar-refractivity contribution in [2.24, 2.45) is 5.92 Å². The molecule has 27 heavy (non-hydrogen) atoms. The van der Waals surface area contributed by atoms with E-state index in [0.717, 1.165) is 55.6 Å². The molecule has 5 nitrogen and oxygen atoms in total. The molecule has 1 saturated heterocycles. The fraction of sp³-hybridized carbons (Fsp3) is 0.571. The average Bonchev–Trinajstić information content (AvgIpc) is 3.19. The summed E-state index contributed by atoms with van der Waals surface area (Å²) in [4.78, 5) is 17.2. The Balaban J connectivity index is 1.28. The maximum atomic E-state index is 12.8. The average molecular weight is 385 g/mol. The Bertz CT molecular complexity index is 795. The number of anilines is 1. The molecule has 144 valence electrons. The van der Waals surface area contributed by atoms with E-state index in [-0.39, 0.29) is 0 Å². The summed E-state index contributed by atoms with van der Waals surface area (Å²) in [5, 5.41) is 10.8. The van der Waals surface area contributed by atoms with Gasteiger partial charge in [-0.1, -0.05) is 49.4 Å². The lowest BCUT2D eigenvalue weighted by atomic mass is 9.92. The molecule has 0 aliphatic carbocycles. The van der Waals surface area contributed by atoms with E-state index in [1.165, 1.54) is 11.1 Å². The monoisotopic (exact) mass is 384 g/mol. The number of carbonyl (C=O) groups excluding carboxylic acids is 1. The molecule has 6 heteroatoms. The standard InChI is InChI=1S/C21H28N4OS/c1-15(2)20-22-23-21(27-20)24-10-7-16(8-11-24)13-19(26)25-12-9-17-5-3-4-6-18(17)14-25/h3-6,15-16H,7-14H2,1-2H3. The van der Waals surface area contributed by atoms with Crippen molar-refractivity contribution in [1.29, 1.82) is 0 Å². The predicted octanol–water partition coefficient (Wildman–Crippen LogP) is 3.85. The molecule has 0 unspecified atom stereocenters. The number of carbonyl (C=O) groups is 1. The van der Waals surface area contributed by atoms with Crippen LogP contribution in [0.2, 0.25) is 0 Å². The van der Waals surface area contributed by atoms with Gasteiger partial charge in [-0.3, -0.25) is 4.79 Å². The van der Waals surface area contributed by atoms with E-state index in [4.69, 9.17) is 0 Å². The number of amides is 1. The number of piperidine rings is 1. The first kappa shape index (κ1) is 18.4. The molecule has 0 radical (unpaired) electrons. The number of benzene rings is 1. The smallest absolute Gasteiger partial charge is 0.223 e. The molecule has 3 heterocycles. The summed E-state index contributed by atoms with van der Waals surface area (Å²) in [5.74, 6) is 1.24.